The molecule has 2 atom stereocenters. The van der Waals surface area contributed by atoms with E-state index < -0.39 is 11.6 Å². The Hall–Kier alpha value is -0.440. The average Bonchev–Trinajstić information content (AvgIpc) is 2.11. The summed E-state index contributed by atoms with van der Waals surface area (Å²) >= 11 is 5.85. The van der Waals surface area contributed by atoms with Crippen molar-refractivity contribution >= 4 is 17.7 Å². The molecule has 0 saturated carbocycles. The van der Waals surface area contributed by atoms with Gasteiger partial charge < -0.3 is 10.4 Å². The van der Waals surface area contributed by atoms with Crippen LogP contribution in [-0.2, 0) is 0 Å². The van der Waals surface area contributed by atoms with E-state index in [9.17, 15) is 4.79 Å². The lowest BCUT2D eigenvalue weighted by atomic mass is 10.0. The minimum atomic E-state index is -1.05. The highest BCUT2D eigenvalue weighted by Gasteiger charge is 2.15. The van der Waals surface area contributed by atoms with Gasteiger partial charge in [-0.1, -0.05) is 51.1 Å². The van der Waals surface area contributed by atoms with Crippen LogP contribution in [0.15, 0.2) is 0 Å². The van der Waals surface area contributed by atoms with Crippen LogP contribution in [-0.4, -0.2) is 16.7 Å². The lowest BCUT2D eigenvalue weighted by Crippen LogP contribution is -2.34. The maximum atomic E-state index is 10.3. The number of carboxylic acid groups (broad SMARTS) is 1. The quantitative estimate of drug-likeness (QED) is 0.393. The molecule has 0 fully saturated rings. The molecular formula is C10H20ClNO2. The standard InChI is InChI=1S/C10H20ClNO2/c1-3-4-5-6-7-8(2)9(11)12-10(13)14/h8-9,12H,3-7H2,1-2H3,(H,13,14). The lowest BCUT2D eigenvalue weighted by Gasteiger charge is -2.17. The molecule has 2 N–H and O–H groups in total. The second kappa shape index (κ2) is 7.92. The van der Waals surface area contributed by atoms with Crippen molar-refractivity contribution in [3.8, 4) is 0 Å². The Morgan fingerprint density at radius 3 is 2.57 bits per heavy atom. The molecule has 1 amide bonds. The molecule has 0 aliphatic rings. The fraction of sp³-hybridized carbons (Fsp3) is 0.900. The summed E-state index contributed by atoms with van der Waals surface area (Å²) in [6.45, 7) is 4.14. The summed E-state index contributed by atoms with van der Waals surface area (Å²) in [5, 5.41) is 10.7. The second-order valence-corrected chi connectivity index (χ2v) is 4.15. The molecule has 0 saturated heterocycles. The van der Waals surface area contributed by atoms with Crippen molar-refractivity contribution in [1.82, 2.24) is 5.32 Å². The summed E-state index contributed by atoms with van der Waals surface area (Å²) in [5.74, 6) is 0.199. The maximum Gasteiger partial charge on any atom is 0.405 e. The Bertz CT molecular complexity index is 164. The molecular weight excluding hydrogens is 202 g/mol. The molecule has 0 aromatic carbocycles. The largest absolute Gasteiger partial charge is 0.465 e. The Morgan fingerprint density at radius 1 is 1.43 bits per heavy atom. The molecule has 0 heterocycles. The van der Waals surface area contributed by atoms with Gasteiger partial charge in [-0.2, -0.15) is 0 Å². The van der Waals surface area contributed by atoms with Crippen molar-refractivity contribution in [3.05, 3.63) is 0 Å². The zero-order chi connectivity index (χ0) is 11.0. The number of hydrogen-bond donors (Lipinski definition) is 2. The van der Waals surface area contributed by atoms with Crippen LogP contribution in [0.3, 0.4) is 0 Å². The molecule has 3 nitrogen and oxygen atoms in total. The Labute approximate surface area is 90.8 Å². The van der Waals surface area contributed by atoms with E-state index in [4.69, 9.17) is 16.7 Å². The Kier molecular flexibility index (Phi) is 7.67. The molecule has 0 rings (SSSR count). The fourth-order valence-corrected chi connectivity index (χ4v) is 1.52. The van der Waals surface area contributed by atoms with Gasteiger partial charge in [0.25, 0.3) is 0 Å². The van der Waals surface area contributed by atoms with E-state index in [1.807, 2.05) is 6.92 Å². The Morgan fingerprint density at radius 2 is 2.07 bits per heavy atom. The van der Waals surface area contributed by atoms with Gasteiger partial charge >= 0.3 is 6.09 Å². The first-order valence-corrected chi connectivity index (χ1v) is 5.65. The van der Waals surface area contributed by atoms with Crippen LogP contribution in [0.4, 0.5) is 4.79 Å². The molecule has 0 aliphatic carbocycles. The van der Waals surface area contributed by atoms with Crippen molar-refractivity contribution in [3.63, 3.8) is 0 Å². The molecule has 0 aromatic rings. The van der Waals surface area contributed by atoms with Gasteiger partial charge in [0, 0.05) is 0 Å². The first-order chi connectivity index (χ1) is 6.57. The summed E-state index contributed by atoms with van der Waals surface area (Å²) in [4.78, 5) is 10.3. The van der Waals surface area contributed by atoms with Gasteiger partial charge in [0.15, 0.2) is 0 Å². The molecule has 14 heavy (non-hydrogen) atoms. The summed E-state index contributed by atoms with van der Waals surface area (Å²) < 4.78 is 0. The van der Waals surface area contributed by atoms with Gasteiger partial charge in [-0.15, -0.1) is 0 Å². The molecule has 84 valence electrons. The van der Waals surface area contributed by atoms with Crippen molar-refractivity contribution in [2.24, 2.45) is 5.92 Å². The minimum Gasteiger partial charge on any atom is -0.465 e. The number of unbranched alkanes of at least 4 members (excludes halogenated alkanes) is 3. The summed E-state index contributed by atoms with van der Waals surface area (Å²) in [5.41, 5.74) is -0.464. The van der Waals surface area contributed by atoms with Crippen LogP contribution in [0.25, 0.3) is 0 Å². The smallest absolute Gasteiger partial charge is 0.405 e. The molecule has 2 unspecified atom stereocenters. The van der Waals surface area contributed by atoms with E-state index in [2.05, 4.69) is 12.2 Å². The van der Waals surface area contributed by atoms with Gasteiger partial charge in [0.1, 0.15) is 5.50 Å². The number of rotatable bonds is 7. The van der Waals surface area contributed by atoms with Crippen molar-refractivity contribution in [2.75, 3.05) is 0 Å². The van der Waals surface area contributed by atoms with Gasteiger partial charge in [0.2, 0.25) is 0 Å². The highest BCUT2D eigenvalue weighted by Crippen LogP contribution is 2.16. The summed E-state index contributed by atoms with van der Waals surface area (Å²) in [6, 6.07) is 0. The van der Waals surface area contributed by atoms with E-state index >= 15 is 0 Å². The minimum absolute atomic E-state index is 0.199. The zero-order valence-electron chi connectivity index (χ0n) is 8.92. The molecule has 0 aliphatic heterocycles. The fourth-order valence-electron chi connectivity index (χ4n) is 1.30. The van der Waals surface area contributed by atoms with Crippen molar-refractivity contribution in [2.45, 2.75) is 51.5 Å². The number of halogens is 1. The van der Waals surface area contributed by atoms with Crippen LogP contribution < -0.4 is 5.32 Å². The van der Waals surface area contributed by atoms with Gasteiger partial charge in [-0.3, -0.25) is 0 Å². The molecule has 0 aromatic heterocycles. The van der Waals surface area contributed by atoms with E-state index in [0.29, 0.717) is 0 Å². The number of amides is 1. The highest BCUT2D eigenvalue weighted by atomic mass is 35.5. The van der Waals surface area contributed by atoms with E-state index in [-0.39, 0.29) is 5.92 Å². The van der Waals surface area contributed by atoms with Gasteiger partial charge in [-0.25, -0.2) is 4.79 Å². The summed E-state index contributed by atoms with van der Waals surface area (Å²) in [6.07, 6.45) is 4.72. The van der Waals surface area contributed by atoms with Crippen LogP contribution in [0.2, 0.25) is 0 Å². The van der Waals surface area contributed by atoms with E-state index in [0.717, 1.165) is 12.8 Å². The maximum absolute atomic E-state index is 10.3. The predicted molar refractivity (Wildman–Crippen MR) is 58.7 cm³/mol. The predicted octanol–water partition coefficient (Wildman–Crippen LogP) is 3.43. The number of alkyl halides is 1. The lowest BCUT2D eigenvalue weighted by molar-refractivity contribution is 0.190. The molecule has 0 radical (unpaired) electrons. The topological polar surface area (TPSA) is 49.3 Å². The third-order valence-electron chi connectivity index (χ3n) is 2.27. The molecule has 4 heteroatoms. The normalized spacial score (nSPS) is 14.8. The number of hydrogen-bond acceptors (Lipinski definition) is 1. The van der Waals surface area contributed by atoms with Crippen LogP contribution in [0.1, 0.15) is 46.0 Å². The first kappa shape index (κ1) is 13.6. The molecule has 0 bridgehead atoms. The van der Waals surface area contributed by atoms with Gasteiger partial charge in [0.05, 0.1) is 0 Å². The third kappa shape index (κ3) is 7.01. The van der Waals surface area contributed by atoms with Gasteiger partial charge in [-0.05, 0) is 12.3 Å². The van der Waals surface area contributed by atoms with Crippen molar-refractivity contribution < 1.29 is 9.90 Å². The number of nitrogens with one attached hydrogen (secondary N) is 1. The zero-order valence-corrected chi connectivity index (χ0v) is 9.68. The Balaban J connectivity index is 3.51. The summed E-state index contributed by atoms with van der Waals surface area (Å²) in [7, 11) is 0. The number of carbonyl (C=O) groups is 1. The van der Waals surface area contributed by atoms with Crippen molar-refractivity contribution in [1.29, 1.82) is 0 Å². The van der Waals surface area contributed by atoms with E-state index in [1.165, 1.54) is 19.3 Å². The molecule has 0 spiro atoms. The van der Waals surface area contributed by atoms with E-state index in [1.54, 1.807) is 0 Å². The highest BCUT2D eigenvalue weighted by molar-refractivity contribution is 6.21. The SMILES string of the molecule is CCCCCCC(C)C(Cl)NC(=O)O. The second-order valence-electron chi connectivity index (χ2n) is 3.68. The van der Waals surface area contributed by atoms with Crippen LogP contribution >= 0.6 is 11.6 Å². The average molecular weight is 222 g/mol. The van der Waals surface area contributed by atoms with Crippen LogP contribution in [0, 0.1) is 5.92 Å². The third-order valence-corrected chi connectivity index (χ3v) is 2.81. The van der Waals surface area contributed by atoms with Crippen LogP contribution in [0.5, 0.6) is 0 Å². The monoisotopic (exact) mass is 221 g/mol. The first-order valence-electron chi connectivity index (χ1n) is 5.21.